The van der Waals surface area contributed by atoms with Crippen LogP contribution in [0.15, 0.2) is 78.9 Å². The van der Waals surface area contributed by atoms with Crippen molar-refractivity contribution < 1.29 is 0 Å². The van der Waals surface area contributed by atoms with Gasteiger partial charge in [0.15, 0.2) is 0 Å². The Hall–Kier alpha value is -2.60. The zero-order valence-corrected chi connectivity index (χ0v) is 27.2. The van der Waals surface area contributed by atoms with Crippen LogP contribution in [0.3, 0.4) is 0 Å². The first kappa shape index (κ1) is 30.4. The molecule has 0 saturated carbocycles. The second-order valence-electron chi connectivity index (χ2n) is 15.5. The first-order chi connectivity index (χ1) is 18.5. The van der Waals surface area contributed by atoms with E-state index in [9.17, 15) is 0 Å². The van der Waals surface area contributed by atoms with Crippen molar-refractivity contribution >= 4 is 0 Å². The highest BCUT2D eigenvalue weighted by atomic mass is 14.5. The highest BCUT2D eigenvalue weighted by Crippen LogP contribution is 2.50. The number of aryl methyl sites for hydroxylation is 1. The van der Waals surface area contributed by atoms with Crippen molar-refractivity contribution in [3.05, 3.63) is 118 Å². The normalized spacial score (nSPS) is 17.8. The van der Waals surface area contributed by atoms with Crippen LogP contribution in [0.25, 0.3) is 0 Å². The van der Waals surface area contributed by atoms with Crippen molar-refractivity contribution in [2.45, 2.75) is 107 Å². The van der Waals surface area contributed by atoms with Crippen LogP contribution in [0.5, 0.6) is 0 Å². The van der Waals surface area contributed by atoms with Crippen LogP contribution in [0.2, 0.25) is 0 Å². The number of allylic oxidation sites excluding steroid dienone is 1. The minimum absolute atomic E-state index is 0.179. The molecule has 1 aliphatic carbocycles. The van der Waals surface area contributed by atoms with E-state index in [4.69, 9.17) is 0 Å². The SMILES string of the molecule is C=C(C)CC(Cc1ccccc1)(c1cc(C)cc(CC(C)(C)C(C)C)c1)c1ccc2c(c1)CC(C)(C)C(C)(C)C2. The van der Waals surface area contributed by atoms with Crippen molar-refractivity contribution in [2.75, 3.05) is 0 Å². The topological polar surface area (TPSA) is 0 Å². The number of rotatable bonds is 9. The van der Waals surface area contributed by atoms with Crippen LogP contribution in [0, 0.1) is 29.1 Å². The van der Waals surface area contributed by atoms with Gasteiger partial charge in [-0.05, 0) is 101 Å². The monoisotopic (exact) mass is 534 g/mol. The predicted octanol–water partition coefficient (Wildman–Crippen LogP) is 10.9. The van der Waals surface area contributed by atoms with E-state index in [2.05, 4.69) is 143 Å². The maximum Gasteiger partial charge on any atom is 0.0280 e. The lowest BCUT2D eigenvalue weighted by atomic mass is 9.57. The van der Waals surface area contributed by atoms with E-state index in [0.29, 0.717) is 5.92 Å². The van der Waals surface area contributed by atoms with Crippen molar-refractivity contribution in [1.82, 2.24) is 0 Å². The molecule has 0 N–H and O–H groups in total. The summed E-state index contributed by atoms with van der Waals surface area (Å²) in [6.07, 6.45) is 5.25. The average molecular weight is 535 g/mol. The van der Waals surface area contributed by atoms with Gasteiger partial charge in [-0.2, -0.15) is 0 Å². The molecule has 0 aromatic heterocycles. The van der Waals surface area contributed by atoms with Crippen LogP contribution in [0.4, 0.5) is 0 Å². The van der Waals surface area contributed by atoms with Crippen molar-refractivity contribution in [3.8, 4) is 0 Å². The lowest BCUT2D eigenvalue weighted by Crippen LogP contribution is -2.40. The molecule has 214 valence electrons. The highest BCUT2D eigenvalue weighted by Gasteiger charge is 2.42. The molecule has 0 nitrogen and oxygen atoms in total. The lowest BCUT2D eigenvalue weighted by Gasteiger charge is -2.47. The molecule has 3 aromatic rings. The van der Waals surface area contributed by atoms with Gasteiger partial charge in [0.05, 0.1) is 0 Å². The second kappa shape index (κ2) is 11.0. The fourth-order valence-corrected chi connectivity index (χ4v) is 6.76. The number of hydrogen-bond donors (Lipinski definition) is 0. The summed E-state index contributed by atoms with van der Waals surface area (Å²) in [7, 11) is 0. The number of benzene rings is 3. The Morgan fingerprint density at radius 3 is 2.00 bits per heavy atom. The van der Waals surface area contributed by atoms with E-state index in [1.54, 1.807) is 0 Å². The van der Waals surface area contributed by atoms with Gasteiger partial charge in [0.1, 0.15) is 0 Å². The molecule has 0 heterocycles. The first-order valence-corrected chi connectivity index (χ1v) is 15.5. The van der Waals surface area contributed by atoms with Crippen molar-refractivity contribution in [3.63, 3.8) is 0 Å². The summed E-state index contributed by atoms with van der Waals surface area (Å²) in [6.45, 7) is 28.3. The molecule has 0 radical (unpaired) electrons. The van der Waals surface area contributed by atoms with Gasteiger partial charge in [0.25, 0.3) is 0 Å². The molecule has 0 fully saturated rings. The lowest BCUT2D eigenvalue weighted by molar-refractivity contribution is 0.0965. The van der Waals surface area contributed by atoms with Crippen LogP contribution in [-0.2, 0) is 31.1 Å². The summed E-state index contributed by atoms with van der Waals surface area (Å²) in [6, 6.07) is 26.0. The van der Waals surface area contributed by atoms with Crippen molar-refractivity contribution in [2.24, 2.45) is 22.2 Å². The Kier molecular flexibility index (Phi) is 8.35. The summed E-state index contributed by atoms with van der Waals surface area (Å²) in [5, 5.41) is 0. The molecule has 0 saturated heterocycles. The Morgan fingerprint density at radius 2 is 1.40 bits per heavy atom. The molecule has 0 spiro atoms. The average Bonchev–Trinajstić information content (AvgIpc) is 2.83. The fraction of sp³-hybridized carbons (Fsp3) is 0.500. The molecule has 40 heavy (non-hydrogen) atoms. The summed E-state index contributed by atoms with van der Waals surface area (Å²) in [4.78, 5) is 0. The molecule has 1 unspecified atom stereocenters. The van der Waals surface area contributed by atoms with Gasteiger partial charge in [0.2, 0.25) is 0 Å². The zero-order chi connectivity index (χ0) is 29.5. The standard InChI is InChI=1S/C40H54/c1-28(2)23-40(25-31-15-13-12-14-16-31,36-20-30(5)19-32(21-36)24-37(6,7)29(3)4)35-18-17-33-26-38(8,9)39(10,11)27-34(33)22-35/h12-22,29H,1,23-27H2,2-11H3. The van der Waals surface area contributed by atoms with Crippen LogP contribution in [-0.4, -0.2) is 0 Å². The Balaban J connectivity index is 1.95. The molecule has 0 aliphatic heterocycles. The molecule has 4 rings (SSSR count). The molecule has 0 heteroatoms. The highest BCUT2D eigenvalue weighted by molar-refractivity contribution is 5.49. The third-order valence-corrected chi connectivity index (χ3v) is 10.7. The predicted molar refractivity (Wildman–Crippen MR) is 175 cm³/mol. The van der Waals surface area contributed by atoms with Gasteiger partial charge >= 0.3 is 0 Å². The second-order valence-corrected chi connectivity index (χ2v) is 15.5. The quantitative estimate of drug-likeness (QED) is 0.239. The molecule has 1 aliphatic rings. The Labute approximate surface area is 246 Å². The summed E-state index contributed by atoms with van der Waals surface area (Å²) in [5.41, 5.74) is 12.0. The van der Waals surface area contributed by atoms with E-state index in [1.165, 1.54) is 44.5 Å². The maximum atomic E-state index is 4.49. The molecule has 0 amide bonds. The van der Waals surface area contributed by atoms with Crippen LogP contribution in [0.1, 0.15) is 108 Å². The van der Waals surface area contributed by atoms with E-state index in [0.717, 1.165) is 32.1 Å². The van der Waals surface area contributed by atoms with Gasteiger partial charge < -0.3 is 0 Å². The van der Waals surface area contributed by atoms with Gasteiger partial charge in [-0.1, -0.05) is 133 Å². The van der Waals surface area contributed by atoms with E-state index in [1.807, 2.05) is 0 Å². The van der Waals surface area contributed by atoms with Crippen LogP contribution < -0.4 is 0 Å². The molecule has 0 bridgehead atoms. The summed E-state index contributed by atoms with van der Waals surface area (Å²) in [5.74, 6) is 0.620. The van der Waals surface area contributed by atoms with Gasteiger partial charge in [-0.15, -0.1) is 6.58 Å². The Bertz CT molecular complexity index is 1350. The number of hydrogen-bond acceptors (Lipinski definition) is 0. The first-order valence-electron chi connectivity index (χ1n) is 15.5. The van der Waals surface area contributed by atoms with Gasteiger partial charge in [-0.25, -0.2) is 0 Å². The summed E-state index contributed by atoms with van der Waals surface area (Å²) < 4.78 is 0. The van der Waals surface area contributed by atoms with Crippen LogP contribution >= 0.6 is 0 Å². The van der Waals surface area contributed by atoms with Gasteiger partial charge in [-0.3, -0.25) is 0 Å². The third kappa shape index (κ3) is 6.17. The molecule has 3 aromatic carbocycles. The largest absolute Gasteiger partial charge is 0.100 e. The zero-order valence-electron chi connectivity index (χ0n) is 27.2. The fourth-order valence-electron chi connectivity index (χ4n) is 6.76. The Morgan fingerprint density at radius 1 is 0.775 bits per heavy atom. The third-order valence-electron chi connectivity index (χ3n) is 10.7. The molecular formula is C40H54. The minimum Gasteiger partial charge on any atom is -0.100 e. The van der Waals surface area contributed by atoms with E-state index in [-0.39, 0.29) is 21.7 Å². The minimum atomic E-state index is -0.179. The van der Waals surface area contributed by atoms with E-state index < -0.39 is 0 Å². The molecular weight excluding hydrogens is 480 g/mol. The van der Waals surface area contributed by atoms with E-state index >= 15 is 0 Å². The smallest absolute Gasteiger partial charge is 0.0280 e. The van der Waals surface area contributed by atoms with Crippen molar-refractivity contribution in [1.29, 1.82) is 0 Å². The van der Waals surface area contributed by atoms with Gasteiger partial charge in [0, 0.05) is 5.41 Å². The maximum absolute atomic E-state index is 4.49. The molecule has 1 atom stereocenters. The number of fused-ring (bicyclic) bond motifs is 1. The summed E-state index contributed by atoms with van der Waals surface area (Å²) >= 11 is 0.